The Morgan fingerprint density at radius 1 is 0.800 bits per heavy atom. The first kappa shape index (κ1) is 25.7. The summed E-state index contributed by atoms with van der Waals surface area (Å²) in [7, 11) is 0. The van der Waals surface area contributed by atoms with Crippen molar-refractivity contribution in [2.24, 2.45) is 5.41 Å². The van der Waals surface area contributed by atoms with Gasteiger partial charge < -0.3 is 10.2 Å². The van der Waals surface area contributed by atoms with E-state index in [1.54, 1.807) is 20.8 Å². The SMILES string of the molecule is CC(C)(C)[C@@H](C(O)O)N1C(=O)c2c(Cl)c(Cl)c(Cl)c(Cl)c2C1=O.[Rh].[Rh]. The van der Waals surface area contributed by atoms with Gasteiger partial charge in [-0.15, -0.1) is 0 Å². The van der Waals surface area contributed by atoms with E-state index in [2.05, 4.69) is 0 Å². The fourth-order valence-corrected chi connectivity index (χ4v) is 3.60. The van der Waals surface area contributed by atoms with Crippen LogP contribution in [0.25, 0.3) is 0 Å². The first-order chi connectivity index (χ1) is 10.4. The number of amides is 2. The molecule has 0 unspecified atom stereocenters. The standard InChI is InChI=1S/C14H13Cl4NO4.2Rh/c1-14(2,3)10(13(22)23)19-11(20)4-5(12(19)21)7(16)9(18)8(17)6(4)15;;/h10,13,22-23H,1-3H3;;/t10-;;/m1../s1. The summed E-state index contributed by atoms with van der Waals surface area (Å²) < 4.78 is 0. The zero-order valence-electron chi connectivity index (χ0n) is 13.0. The van der Waals surface area contributed by atoms with Crippen LogP contribution in [0.3, 0.4) is 0 Å². The first-order valence-electron chi connectivity index (χ1n) is 6.51. The van der Waals surface area contributed by atoms with Crippen LogP contribution in [0.1, 0.15) is 41.5 Å². The smallest absolute Gasteiger partial charge is 0.263 e. The molecule has 1 aliphatic heterocycles. The normalized spacial score (nSPS) is 15.0. The van der Waals surface area contributed by atoms with Crippen molar-refractivity contribution in [1.82, 2.24) is 4.90 Å². The summed E-state index contributed by atoms with van der Waals surface area (Å²) >= 11 is 23.9. The number of imide groups is 1. The van der Waals surface area contributed by atoms with E-state index in [0.29, 0.717) is 0 Å². The van der Waals surface area contributed by atoms with Gasteiger partial charge in [0, 0.05) is 39.0 Å². The Balaban J connectivity index is 0.00000288. The number of rotatable bonds is 2. The minimum atomic E-state index is -1.94. The maximum atomic E-state index is 12.7. The maximum Gasteiger partial charge on any atom is 0.263 e. The van der Waals surface area contributed by atoms with Crippen LogP contribution in [0.4, 0.5) is 0 Å². The predicted molar refractivity (Wildman–Crippen MR) is 88.5 cm³/mol. The number of aliphatic hydroxyl groups excluding tert-OH is 1. The van der Waals surface area contributed by atoms with Crippen LogP contribution in [0.15, 0.2) is 0 Å². The van der Waals surface area contributed by atoms with Gasteiger partial charge in [-0.25, -0.2) is 0 Å². The van der Waals surface area contributed by atoms with Crippen molar-refractivity contribution in [1.29, 1.82) is 0 Å². The third-order valence-corrected chi connectivity index (χ3v) is 5.38. The van der Waals surface area contributed by atoms with Crippen LogP contribution < -0.4 is 0 Å². The van der Waals surface area contributed by atoms with Crippen molar-refractivity contribution >= 4 is 58.2 Å². The Bertz CT molecular complexity index is 675. The summed E-state index contributed by atoms with van der Waals surface area (Å²) in [5.74, 6) is -1.60. The number of nitrogens with zero attached hydrogens (tertiary/aromatic N) is 1. The molecule has 0 spiro atoms. The summed E-state index contributed by atoms with van der Waals surface area (Å²) in [5.41, 5.74) is -1.19. The Morgan fingerprint density at radius 3 is 1.36 bits per heavy atom. The zero-order chi connectivity index (χ0) is 17.9. The Hall–Kier alpha value is 0.687. The van der Waals surface area contributed by atoms with E-state index in [0.717, 1.165) is 4.90 Å². The minimum Gasteiger partial charge on any atom is -0.366 e. The molecular weight excluding hydrogens is 594 g/mol. The summed E-state index contributed by atoms with van der Waals surface area (Å²) in [5, 5.41) is 18.6. The Morgan fingerprint density at radius 2 is 1.12 bits per heavy atom. The largest absolute Gasteiger partial charge is 0.366 e. The van der Waals surface area contributed by atoms with Gasteiger partial charge in [-0.1, -0.05) is 67.2 Å². The monoisotopic (exact) mass is 605 g/mol. The van der Waals surface area contributed by atoms with E-state index in [4.69, 9.17) is 46.4 Å². The second-order valence-electron chi connectivity index (χ2n) is 6.21. The third-order valence-electron chi connectivity index (χ3n) is 3.58. The molecule has 2 amide bonds. The molecule has 0 saturated carbocycles. The molecule has 1 aromatic rings. The van der Waals surface area contributed by atoms with Crippen molar-refractivity contribution in [3.8, 4) is 0 Å². The van der Waals surface area contributed by atoms with Crippen molar-refractivity contribution in [2.45, 2.75) is 33.1 Å². The topological polar surface area (TPSA) is 77.8 Å². The van der Waals surface area contributed by atoms with Crippen LogP contribution in [0, 0.1) is 5.41 Å². The number of halogens is 4. The van der Waals surface area contributed by atoms with Crippen LogP contribution in [0.5, 0.6) is 0 Å². The summed E-state index contributed by atoms with van der Waals surface area (Å²) in [6.45, 7) is 4.97. The number of aliphatic hydroxyl groups is 2. The molecule has 0 bridgehead atoms. The molecule has 144 valence electrons. The molecule has 11 heteroatoms. The van der Waals surface area contributed by atoms with Crippen molar-refractivity contribution in [2.75, 3.05) is 0 Å². The molecule has 1 atom stereocenters. The van der Waals surface area contributed by atoms with Crippen molar-refractivity contribution in [3.63, 3.8) is 0 Å². The number of fused-ring (bicyclic) bond motifs is 1. The second kappa shape index (κ2) is 8.79. The van der Waals surface area contributed by atoms with Gasteiger partial charge in [-0.3, -0.25) is 14.5 Å². The number of hydrogen-bond donors (Lipinski definition) is 2. The number of hydrogen-bond acceptors (Lipinski definition) is 4. The molecule has 1 aromatic carbocycles. The molecule has 2 N–H and O–H groups in total. The summed E-state index contributed by atoms with van der Waals surface area (Å²) in [4.78, 5) is 26.1. The molecule has 1 heterocycles. The molecule has 25 heavy (non-hydrogen) atoms. The van der Waals surface area contributed by atoms with E-state index in [9.17, 15) is 19.8 Å². The fourth-order valence-electron chi connectivity index (χ4n) is 2.59. The van der Waals surface area contributed by atoms with Gasteiger partial charge in [0.05, 0.1) is 37.3 Å². The predicted octanol–water partition coefficient (Wildman–Crippen LogP) is 3.62. The molecule has 0 saturated heterocycles. The zero-order valence-corrected chi connectivity index (χ0v) is 19.3. The molecular formula is C14H13Cl4NO4Rh2. The summed E-state index contributed by atoms with van der Waals surface area (Å²) in [6, 6.07) is -1.21. The van der Waals surface area contributed by atoms with Gasteiger partial charge in [-0.2, -0.15) is 0 Å². The minimum absolute atomic E-state index is 0. The van der Waals surface area contributed by atoms with Crippen molar-refractivity contribution < 1.29 is 58.8 Å². The van der Waals surface area contributed by atoms with Crippen LogP contribution >= 0.6 is 46.4 Å². The maximum absolute atomic E-state index is 12.7. The molecule has 1 aliphatic rings. The average molecular weight is 607 g/mol. The van der Waals surface area contributed by atoms with E-state index < -0.39 is 29.6 Å². The van der Waals surface area contributed by atoms with E-state index >= 15 is 0 Å². The van der Waals surface area contributed by atoms with Crippen LogP contribution in [-0.2, 0) is 39.0 Å². The molecule has 0 aliphatic carbocycles. The molecule has 5 nitrogen and oxygen atoms in total. The van der Waals surface area contributed by atoms with Gasteiger partial charge in [0.1, 0.15) is 0 Å². The van der Waals surface area contributed by atoms with E-state index in [1.165, 1.54) is 0 Å². The van der Waals surface area contributed by atoms with Gasteiger partial charge in [0.2, 0.25) is 0 Å². The quantitative estimate of drug-likeness (QED) is 0.177. The molecule has 2 rings (SSSR count). The van der Waals surface area contributed by atoms with Crippen LogP contribution in [-0.4, -0.2) is 39.3 Å². The number of carbonyl (C=O) groups excluding carboxylic acids is 2. The second-order valence-corrected chi connectivity index (χ2v) is 7.72. The van der Waals surface area contributed by atoms with Crippen molar-refractivity contribution in [3.05, 3.63) is 31.2 Å². The number of benzene rings is 1. The Kier molecular flexibility index (Phi) is 9.04. The van der Waals surface area contributed by atoms with Crippen LogP contribution in [0.2, 0.25) is 20.1 Å². The van der Waals surface area contributed by atoms with E-state index in [-0.39, 0.29) is 70.2 Å². The first-order valence-corrected chi connectivity index (χ1v) is 8.02. The third kappa shape index (κ3) is 4.25. The van der Waals surface area contributed by atoms with E-state index in [1.807, 2.05) is 0 Å². The van der Waals surface area contributed by atoms with Gasteiger partial charge in [0.25, 0.3) is 11.8 Å². The Labute approximate surface area is 190 Å². The average Bonchev–Trinajstić information content (AvgIpc) is 2.66. The van der Waals surface area contributed by atoms with Gasteiger partial charge in [-0.05, 0) is 5.41 Å². The van der Waals surface area contributed by atoms with Gasteiger partial charge in [0.15, 0.2) is 6.29 Å². The molecule has 2 radical (unpaired) electrons. The fraction of sp³-hybridized carbons (Fsp3) is 0.429. The number of carbonyl (C=O) groups is 2. The molecule has 0 fully saturated rings. The molecule has 0 aromatic heterocycles. The summed E-state index contributed by atoms with van der Waals surface area (Å²) in [6.07, 6.45) is -1.94. The van der Waals surface area contributed by atoms with Gasteiger partial charge >= 0.3 is 0 Å².